The van der Waals surface area contributed by atoms with E-state index in [0.717, 1.165) is 43.5 Å². The van der Waals surface area contributed by atoms with Gasteiger partial charge in [0.1, 0.15) is 17.0 Å². The number of aryl methyl sites for hydroxylation is 1. The first-order chi connectivity index (χ1) is 14.4. The average Bonchev–Trinajstić information content (AvgIpc) is 3.14. The van der Waals surface area contributed by atoms with Gasteiger partial charge < -0.3 is 14.5 Å². The summed E-state index contributed by atoms with van der Waals surface area (Å²) < 4.78 is 5.90. The number of likely N-dealkylation sites (tertiary alicyclic amines) is 2. The third-order valence-corrected chi connectivity index (χ3v) is 6.33. The van der Waals surface area contributed by atoms with Crippen molar-refractivity contribution in [1.29, 1.82) is 0 Å². The molecule has 1 unspecified atom stereocenters. The fourth-order valence-electron chi connectivity index (χ4n) is 4.80. The van der Waals surface area contributed by atoms with Gasteiger partial charge in [0.05, 0.1) is 0 Å². The Balaban J connectivity index is 1.53. The van der Waals surface area contributed by atoms with Gasteiger partial charge in [0.2, 0.25) is 5.91 Å². The molecule has 2 aliphatic heterocycles. The van der Waals surface area contributed by atoms with Gasteiger partial charge >= 0.3 is 0 Å². The van der Waals surface area contributed by atoms with Crippen LogP contribution in [0.2, 0.25) is 0 Å². The monoisotopic (exact) mass is 406 g/mol. The molecule has 0 bridgehead atoms. The smallest absolute Gasteiger partial charge is 0.254 e. The van der Waals surface area contributed by atoms with Gasteiger partial charge in [-0.2, -0.15) is 0 Å². The zero-order valence-electron chi connectivity index (χ0n) is 18.1. The second-order valence-corrected chi connectivity index (χ2v) is 8.73. The van der Waals surface area contributed by atoms with Gasteiger partial charge in [0.25, 0.3) is 5.91 Å². The molecule has 158 valence electrons. The molecule has 2 aromatic carbocycles. The van der Waals surface area contributed by atoms with Crippen molar-refractivity contribution in [2.24, 2.45) is 0 Å². The number of carbonyl (C=O) groups is 2. The molecule has 2 fully saturated rings. The Hall–Kier alpha value is -2.82. The lowest BCUT2D eigenvalue weighted by Crippen LogP contribution is -2.62. The molecule has 2 heterocycles. The Bertz CT molecular complexity index is 938. The molecule has 1 spiro atoms. The fraction of sp³-hybridized carbons (Fsp3) is 0.440. The van der Waals surface area contributed by atoms with Crippen LogP contribution in [-0.2, 0) is 4.79 Å². The van der Waals surface area contributed by atoms with Gasteiger partial charge in [-0.15, -0.1) is 0 Å². The summed E-state index contributed by atoms with van der Waals surface area (Å²) in [7, 11) is 0. The lowest BCUT2D eigenvalue weighted by molar-refractivity contribution is -0.147. The topological polar surface area (TPSA) is 49.9 Å². The van der Waals surface area contributed by atoms with E-state index in [1.807, 2.05) is 67.0 Å². The van der Waals surface area contributed by atoms with Gasteiger partial charge in [-0.1, -0.05) is 12.1 Å². The van der Waals surface area contributed by atoms with E-state index in [2.05, 4.69) is 0 Å². The molecule has 2 amide bonds. The number of rotatable bonds is 4. The molecule has 4 rings (SSSR count). The molecule has 0 radical (unpaired) electrons. The molecule has 5 nitrogen and oxygen atoms in total. The number of carbonyl (C=O) groups excluding carboxylic acids is 2. The Labute approximate surface area is 178 Å². The number of benzene rings is 2. The molecule has 0 aromatic heterocycles. The van der Waals surface area contributed by atoms with Crippen LogP contribution in [0.5, 0.6) is 11.5 Å². The second kappa shape index (κ2) is 8.13. The summed E-state index contributed by atoms with van der Waals surface area (Å²) in [6.45, 7) is 7.53. The molecule has 2 aliphatic rings. The third-order valence-electron chi connectivity index (χ3n) is 6.33. The van der Waals surface area contributed by atoms with E-state index in [9.17, 15) is 9.59 Å². The SMILES string of the molecule is Cc1cccc(Oc2ccc(C(=O)N3CCCC34CCCN(C(C)C)C4=O)cc2)c1. The van der Waals surface area contributed by atoms with Crippen molar-refractivity contribution in [3.8, 4) is 11.5 Å². The van der Waals surface area contributed by atoms with Crippen molar-refractivity contribution in [2.45, 2.75) is 58.0 Å². The minimum atomic E-state index is -0.670. The third kappa shape index (κ3) is 3.69. The van der Waals surface area contributed by atoms with Crippen LogP contribution in [0.3, 0.4) is 0 Å². The zero-order valence-corrected chi connectivity index (χ0v) is 18.1. The van der Waals surface area contributed by atoms with E-state index in [1.165, 1.54) is 0 Å². The molecule has 0 N–H and O–H groups in total. The van der Waals surface area contributed by atoms with Gasteiger partial charge in [-0.25, -0.2) is 0 Å². The quantitative estimate of drug-likeness (QED) is 0.733. The maximum atomic E-state index is 13.4. The molecule has 5 heteroatoms. The van der Waals surface area contributed by atoms with E-state index in [4.69, 9.17) is 4.74 Å². The lowest BCUT2D eigenvalue weighted by atomic mass is 9.84. The fourth-order valence-corrected chi connectivity index (χ4v) is 4.80. The predicted molar refractivity (Wildman–Crippen MR) is 117 cm³/mol. The van der Waals surface area contributed by atoms with Crippen LogP contribution in [0.1, 0.15) is 55.5 Å². The molecule has 0 aliphatic carbocycles. The van der Waals surface area contributed by atoms with E-state index < -0.39 is 5.54 Å². The average molecular weight is 407 g/mol. The van der Waals surface area contributed by atoms with Crippen molar-refractivity contribution in [3.05, 3.63) is 59.7 Å². The molecular formula is C25H30N2O3. The molecular weight excluding hydrogens is 376 g/mol. The lowest BCUT2D eigenvalue weighted by Gasteiger charge is -2.46. The first kappa shape index (κ1) is 20.5. The Morgan fingerprint density at radius 3 is 2.37 bits per heavy atom. The Morgan fingerprint density at radius 1 is 1.00 bits per heavy atom. The van der Waals surface area contributed by atoms with E-state index in [-0.39, 0.29) is 17.9 Å². The number of piperidine rings is 1. The van der Waals surface area contributed by atoms with Crippen molar-refractivity contribution in [2.75, 3.05) is 13.1 Å². The van der Waals surface area contributed by atoms with Crippen LogP contribution < -0.4 is 4.74 Å². The summed E-state index contributed by atoms with van der Waals surface area (Å²) in [6.07, 6.45) is 3.33. The minimum Gasteiger partial charge on any atom is -0.457 e. The van der Waals surface area contributed by atoms with Crippen LogP contribution in [-0.4, -0.2) is 46.3 Å². The number of nitrogens with zero attached hydrogens (tertiary/aromatic N) is 2. The predicted octanol–water partition coefficient (Wildman–Crippen LogP) is 4.79. The van der Waals surface area contributed by atoms with Crippen molar-refractivity contribution < 1.29 is 14.3 Å². The van der Waals surface area contributed by atoms with Crippen LogP contribution in [0, 0.1) is 6.92 Å². The van der Waals surface area contributed by atoms with Crippen LogP contribution >= 0.6 is 0 Å². The highest BCUT2D eigenvalue weighted by Gasteiger charge is 2.53. The highest BCUT2D eigenvalue weighted by molar-refractivity contribution is 6.00. The standard InChI is InChI=1S/C25H30N2O3/c1-18(2)26-15-5-13-25(24(26)29)14-6-16-27(25)23(28)20-9-11-21(12-10-20)30-22-8-4-7-19(3)17-22/h4,7-12,17-18H,5-6,13-16H2,1-3H3. The van der Waals surface area contributed by atoms with Crippen molar-refractivity contribution in [3.63, 3.8) is 0 Å². The minimum absolute atomic E-state index is 0.0615. The highest BCUT2D eigenvalue weighted by Crippen LogP contribution is 2.39. The molecule has 30 heavy (non-hydrogen) atoms. The van der Waals surface area contributed by atoms with E-state index in [0.29, 0.717) is 17.9 Å². The maximum Gasteiger partial charge on any atom is 0.254 e. The van der Waals surface area contributed by atoms with E-state index in [1.54, 1.807) is 12.1 Å². The molecule has 2 saturated heterocycles. The summed E-state index contributed by atoms with van der Waals surface area (Å²) in [5.41, 5.74) is 1.06. The van der Waals surface area contributed by atoms with Crippen LogP contribution in [0.25, 0.3) is 0 Å². The van der Waals surface area contributed by atoms with Gasteiger partial charge in [0, 0.05) is 24.7 Å². The zero-order chi connectivity index (χ0) is 21.3. The first-order valence-corrected chi connectivity index (χ1v) is 10.9. The second-order valence-electron chi connectivity index (χ2n) is 8.73. The Morgan fingerprint density at radius 2 is 1.70 bits per heavy atom. The summed E-state index contributed by atoms with van der Waals surface area (Å²) >= 11 is 0. The molecule has 2 aromatic rings. The molecule has 0 saturated carbocycles. The van der Waals surface area contributed by atoms with Crippen molar-refractivity contribution in [1.82, 2.24) is 9.80 Å². The number of ether oxygens (including phenoxy) is 1. The first-order valence-electron chi connectivity index (χ1n) is 10.9. The molecule has 1 atom stereocenters. The number of amides is 2. The summed E-state index contributed by atoms with van der Waals surface area (Å²) in [4.78, 5) is 30.5. The van der Waals surface area contributed by atoms with E-state index >= 15 is 0 Å². The summed E-state index contributed by atoms with van der Waals surface area (Å²) in [5, 5.41) is 0. The largest absolute Gasteiger partial charge is 0.457 e. The highest BCUT2D eigenvalue weighted by atomic mass is 16.5. The number of hydrogen-bond acceptors (Lipinski definition) is 3. The van der Waals surface area contributed by atoms with Gasteiger partial charge in [0.15, 0.2) is 0 Å². The maximum absolute atomic E-state index is 13.4. The van der Waals surface area contributed by atoms with Crippen molar-refractivity contribution >= 4 is 11.8 Å². The summed E-state index contributed by atoms with van der Waals surface area (Å²) in [6, 6.07) is 15.3. The van der Waals surface area contributed by atoms with Gasteiger partial charge in [-0.3, -0.25) is 9.59 Å². The van der Waals surface area contributed by atoms with Crippen LogP contribution in [0.4, 0.5) is 0 Å². The summed E-state index contributed by atoms with van der Waals surface area (Å²) in [5.74, 6) is 1.52. The van der Waals surface area contributed by atoms with Crippen LogP contribution in [0.15, 0.2) is 48.5 Å². The van der Waals surface area contributed by atoms with Gasteiger partial charge in [-0.05, 0) is 88.4 Å². The number of hydrogen-bond donors (Lipinski definition) is 0. The Kier molecular flexibility index (Phi) is 5.54. The normalized spacial score (nSPS) is 21.5.